The van der Waals surface area contributed by atoms with Crippen LogP contribution in [0.4, 0.5) is 0 Å². The Balaban J connectivity index is 1.67. The van der Waals surface area contributed by atoms with E-state index in [2.05, 4.69) is 13.8 Å². The summed E-state index contributed by atoms with van der Waals surface area (Å²) in [7, 11) is 0. The summed E-state index contributed by atoms with van der Waals surface area (Å²) in [5.74, 6) is 1.70. The van der Waals surface area contributed by atoms with Crippen LogP contribution in [0.5, 0.6) is 11.5 Å². The van der Waals surface area contributed by atoms with Gasteiger partial charge in [-0.1, -0.05) is 63.8 Å². The molecule has 0 amide bonds. The Labute approximate surface area is 181 Å². The Morgan fingerprint density at radius 3 is 1.30 bits per heavy atom. The van der Waals surface area contributed by atoms with Crippen LogP contribution in [0.25, 0.3) is 0 Å². The molecule has 0 fully saturated rings. The van der Waals surface area contributed by atoms with Gasteiger partial charge in [0, 0.05) is 0 Å². The van der Waals surface area contributed by atoms with Crippen LogP contribution >= 0.6 is 0 Å². The minimum absolute atomic E-state index is 0.480. The van der Waals surface area contributed by atoms with Crippen molar-refractivity contribution in [1.29, 1.82) is 0 Å². The van der Waals surface area contributed by atoms with Gasteiger partial charge in [0.2, 0.25) is 0 Å². The van der Waals surface area contributed by atoms with E-state index in [1.807, 2.05) is 48.5 Å². The zero-order valence-electron chi connectivity index (χ0n) is 18.6. The molecule has 2 N–H and O–H groups in total. The van der Waals surface area contributed by atoms with Gasteiger partial charge in [0.05, 0.1) is 25.4 Å². The van der Waals surface area contributed by atoms with E-state index in [0.717, 1.165) is 74.4 Å². The minimum Gasteiger partial charge on any atom is -0.494 e. The van der Waals surface area contributed by atoms with Crippen LogP contribution in [0, 0.1) is 0 Å². The fraction of sp³-hybridized carbons (Fsp3) is 0.538. The Bertz CT molecular complexity index is 620. The zero-order chi connectivity index (χ0) is 21.6. The third-order valence-corrected chi connectivity index (χ3v) is 5.27. The molecule has 0 unspecified atom stereocenters. The normalized spacial score (nSPS) is 13.1. The lowest BCUT2D eigenvalue weighted by Gasteiger charge is -2.14. The van der Waals surface area contributed by atoms with Crippen LogP contribution < -0.4 is 9.47 Å². The second kappa shape index (κ2) is 14.1. The third kappa shape index (κ3) is 8.76. The highest BCUT2D eigenvalue weighted by Gasteiger charge is 2.10. The van der Waals surface area contributed by atoms with E-state index in [1.54, 1.807) is 0 Å². The molecule has 0 aliphatic heterocycles. The lowest BCUT2D eigenvalue weighted by molar-refractivity contribution is 0.146. The van der Waals surface area contributed by atoms with Crippen molar-refractivity contribution in [3.63, 3.8) is 0 Å². The van der Waals surface area contributed by atoms with Gasteiger partial charge in [-0.25, -0.2) is 0 Å². The molecule has 2 atom stereocenters. The summed E-state index contributed by atoms with van der Waals surface area (Å²) in [6, 6.07) is 15.4. The molecule has 4 heteroatoms. The molecule has 0 aromatic heterocycles. The molecule has 0 aliphatic carbocycles. The van der Waals surface area contributed by atoms with E-state index < -0.39 is 12.2 Å². The van der Waals surface area contributed by atoms with Crippen molar-refractivity contribution in [3.8, 4) is 11.5 Å². The highest BCUT2D eigenvalue weighted by atomic mass is 16.5. The first-order valence-electron chi connectivity index (χ1n) is 11.5. The van der Waals surface area contributed by atoms with Gasteiger partial charge in [-0.2, -0.15) is 0 Å². The molecule has 0 saturated heterocycles. The molecule has 30 heavy (non-hydrogen) atoms. The highest BCUT2D eigenvalue weighted by Crippen LogP contribution is 2.26. The van der Waals surface area contributed by atoms with Crippen molar-refractivity contribution in [3.05, 3.63) is 59.7 Å². The van der Waals surface area contributed by atoms with E-state index in [1.165, 1.54) is 0 Å². The zero-order valence-corrected chi connectivity index (χ0v) is 18.6. The van der Waals surface area contributed by atoms with Crippen molar-refractivity contribution in [2.24, 2.45) is 0 Å². The summed E-state index contributed by atoms with van der Waals surface area (Å²) >= 11 is 0. The van der Waals surface area contributed by atoms with Crippen LogP contribution in [-0.2, 0) is 0 Å². The van der Waals surface area contributed by atoms with Gasteiger partial charge in [-0.15, -0.1) is 0 Å². The Morgan fingerprint density at radius 1 is 0.600 bits per heavy atom. The second-order valence-electron chi connectivity index (χ2n) is 7.86. The molecule has 166 valence electrons. The highest BCUT2D eigenvalue weighted by molar-refractivity contribution is 5.29. The number of rotatable bonds is 15. The molecule has 0 radical (unpaired) electrons. The van der Waals surface area contributed by atoms with Gasteiger partial charge in [0.1, 0.15) is 11.5 Å². The Kier molecular flexibility index (Phi) is 11.3. The summed E-state index contributed by atoms with van der Waals surface area (Å²) in [4.78, 5) is 0. The topological polar surface area (TPSA) is 58.9 Å². The van der Waals surface area contributed by atoms with Crippen molar-refractivity contribution >= 4 is 0 Å². The second-order valence-corrected chi connectivity index (χ2v) is 7.86. The van der Waals surface area contributed by atoms with Crippen molar-refractivity contribution in [2.45, 2.75) is 77.4 Å². The number of aliphatic hydroxyl groups is 2. The van der Waals surface area contributed by atoms with E-state index >= 15 is 0 Å². The maximum Gasteiger partial charge on any atom is 0.119 e. The fourth-order valence-electron chi connectivity index (χ4n) is 3.25. The van der Waals surface area contributed by atoms with Gasteiger partial charge < -0.3 is 19.7 Å². The fourth-order valence-corrected chi connectivity index (χ4v) is 3.25. The quantitative estimate of drug-likeness (QED) is 0.332. The van der Waals surface area contributed by atoms with E-state index in [9.17, 15) is 10.2 Å². The average molecular weight is 415 g/mol. The number of unbranched alkanes of at least 4 members (excludes halogenated alkanes) is 3. The maximum absolute atomic E-state index is 10.4. The predicted molar refractivity (Wildman–Crippen MR) is 122 cm³/mol. The van der Waals surface area contributed by atoms with Gasteiger partial charge in [-0.05, 0) is 61.1 Å². The first-order chi connectivity index (χ1) is 14.6. The van der Waals surface area contributed by atoms with E-state index in [4.69, 9.17) is 9.47 Å². The van der Waals surface area contributed by atoms with Crippen molar-refractivity contribution < 1.29 is 19.7 Å². The summed E-state index contributed by atoms with van der Waals surface area (Å²) in [5.41, 5.74) is 1.83. The predicted octanol–water partition coefficient (Wildman–Crippen LogP) is 6.37. The van der Waals surface area contributed by atoms with Crippen molar-refractivity contribution in [2.75, 3.05) is 13.2 Å². The summed E-state index contributed by atoms with van der Waals surface area (Å²) in [6.45, 7) is 5.74. The minimum atomic E-state index is -0.480. The molecule has 0 bridgehead atoms. The lowest BCUT2D eigenvalue weighted by atomic mass is 9.99. The summed E-state index contributed by atoms with van der Waals surface area (Å²) < 4.78 is 11.3. The molecule has 4 nitrogen and oxygen atoms in total. The molecule has 0 aliphatic rings. The summed E-state index contributed by atoms with van der Waals surface area (Å²) in [6.07, 6.45) is 6.48. The number of ether oxygens (including phenoxy) is 2. The molecule has 2 aromatic carbocycles. The van der Waals surface area contributed by atoms with Gasteiger partial charge >= 0.3 is 0 Å². The van der Waals surface area contributed by atoms with E-state index in [-0.39, 0.29) is 0 Å². The molecule has 0 spiro atoms. The lowest BCUT2D eigenvalue weighted by Crippen LogP contribution is -2.01. The van der Waals surface area contributed by atoms with Crippen LogP contribution in [0.1, 0.15) is 88.5 Å². The Morgan fingerprint density at radius 2 is 0.967 bits per heavy atom. The number of hydrogen-bond acceptors (Lipinski definition) is 4. The molecule has 2 rings (SSSR count). The largest absolute Gasteiger partial charge is 0.494 e. The number of benzene rings is 2. The standard InChI is InChI=1S/C26H38O4/c1-3-5-19-29-23-15-11-21(12-16-23)25(27)9-7-8-10-26(28)22-13-17-24(18-14-22)30-20-6-4-2/h11-18,25-28H,3-10,19-20H2,1-2H3/t25-,26+. The van der Waals surface area contributed by atoms with Crippen LogP contribution in [0.2, 0.25) is 0 Å². The molecule has 0 saturated carbocycles. The van der Waals surface area contributed by atoms with Gasteiger partial charge in [0.15, 0.2) is 0 Å². The first kappa shape index (κ1) is 24.2. The molecular formula is C26H38O4. The van der Waals surface area contributed by atoms with Gasteiger partial charge in [-0.3, -0.25) is 0 Å². The molecule has 2 aromatic rings. The maximum atomic E-state index is 10.4. The Hall–Kier alpha value is -2.04. The van der Waals surface area contributed by atoms with Gasteiger partial charge in [0.25, 0.3) is 0 Å². The monoisotopic (exact) mass is 414 g/mol. The summed E-state index contributed by atoms with van der Waals surface area (Å²) in [5, 5.41) is 20.8. The first-order valence-corrected chi connectivity index (χ1v) is 11.5. The van der Waals surface area contributed by atoms with Crippen LogP contribution in [0.15, 0.2) is 48.5 Å². The van der Waals surface area contributed by atoms with Crippen LogP contribution in [0.3, 0.4) is 0 Å². The average Bonchev–Trinajstić information content (AvgIpc) is 2.77. The smallest absolute Gasteiger partial charge is 0.119 e. The molecular weight excluding hydrogens is 376 g/mol. The third-order valence-electron chi connectivity index (χ3n) is 5.27. The van der Waals surface area contributed by atoms with Crippen LogP contribution in [-0.4, -0.2) is 23.4 Å². The van der Waals surface area contributed by atoms with E-state index in [0.29, 0.717) is 12.8 Å². The SMILES string of the molecule is CCCCOc1ccc([C@H](O)CCCC[C@H](O)c2ccc(OCCCC)cc2)cc1. The number of hydrogen-bond donors (Lipinski definition) is 2. The molecule has 0 heterocycles. The van der Waals surface area contributed by atoms with Crippen molar-refractivity contribution in [1.82, 2.24) is 0 Å². The number of aliphatic hydroxyl groups excluding tert-OH is 2.